The molecule has 1 fully saturated rings. The molecule has 10 heteroatoms. The number of nitrogens with zero attached hydrogens (tertiary/aromatic N) is 4. The molecule has 0 bridgehead atoms. The highest BCUT2D eigenvalue weighted by molar-refractivity contribution is 5.93. The maximum absolute atomic E-state index is 13.4. The van der Waals surface area contributed by atoms with Crippen molar-refractivity contribution in [1.82, 2.24) is 19.6 Å². The SMILES string of the molecule is COC(=O)c1ccc(NC(=O)Cn2nc(C3CC3)c3cnn(-c4ccc(F)cc4)c3c2=O)cc1. The predicted molar refractivity (Wildman–Crippen MR) is 121 cm³/mol. The maximum Gasteiger partial charge on any atom is 0.337 e. The van der Waals surface area contributed by atoms with Crippen LogP contribution in [0.1, 0.15) is 34.8 Å². The molecule has 172 valence electrons. The lowest BCUT2D eigenvalue weighted by atomic mass is 10.2. The summed E-state index contributed by atoms with van der Waals surface area (Å²) in [5, 5.41) is 12.2. The summed E-state index contributed by atoms with van der Waals surface area (Å²) in [6.07, 6.45) is 3.48. The zero-order valence-corrected chi connectivity index (χ0v) is 18.2. The van der Waals surface area contributed by atoms with Gasteiger partial charge in [-0.25, -0.2) is 18.5 Å². The van der Waals surface area contributed by atoms with E-state index in [1.807, 2.05) is 0 Å². The summed E-state index contributed by atoms with van der Waals surface area (Å²) in [5.74, 6) is -1.12. The molecule has 0 saturated heterocycles. The number of hydrogen-bond donors (Lipinski definition) is 1. The van der Waals surface area contributed by atoms with Gasteiger partial charge in [0.1, 0.15) is 17.9 Å². The van der Waals surface area contributed by atoms with Crippen molar-refractivity contribution in [2.24, 2.45) is 0 Å². The molecule has 2 aromatic heterocycles. The van der Waals surface area contributed by atoms with Gasteiger partial charge in [0.2, 0.25) is 5.91 Å². The third kappa shape index (κ3) is 4.05. The summed E-state index contributed by atoms with van der Waals surface area (Å²) in [6, 6.07) is 11.9. The second kappa shape index (κ2) is 8.54. The van der Waals surface area contributed by atoms with E-state index >= 15 is 0 Å². The third-order valence-corrected chi connectivity index (χ3v) is 5.63. The Morgan fingerprint density at radius 3 is 2.47 bits per heavy atom. The summed E-state index contributed by atoms with van der Waals surface area (Å²) in [7, 11) is 1.29. The number of halogens is 1. The molecule has 5 rings (SSSR count). The van der Waals surface area contributed by atoms with Gasteiger partial charge in [-0.2, -0.15) is 10.2 Å². The zero-order chi connectivity index (χ0) is 23.8. The Balaban J connectivity index is 1.47. The molecule has 2 aromatic carbocycles. The van der Waals surface area contributed by atoms with Crippen molar-refractivity contribution in [3.63, 3.8) is 0 Å². The molecule has 4 aromatic rings. The van der Waals surface area contributed by atoms with Crippen molar-refractivity contribution >= 4 is 28.5 Å². The number of anilines is 1. The van der Waals surface area contributed by atoms with Crippen LogP contribution in [0.2, 0.25) is 0 Å². The van der Waals surface area contributed by atoms with Crippen molar-refractivity contribution in [2.45, 2.75) is 25.3 Å². The predicted octanol–water partition coefficient (Wildman–Crippen LogP) is 3.02. The van der Waals surface area contributed by atoms with Gasteiger partial charge < -0.3 is 10.1 Å². The van der Waals surface area contributed by atoms with Crippen LogP contribution in [0.25, 0.3) is 16.6 Å². The van der Waals surface area contributed by atoms with Crippen molar-refractivity contribution in [3.05, 3.63) is 82.2 Å². The molecule has 1 saturated carbocycles. The number of hydrogen-bond acceptors (Lipinski definition) is 6. The summed E-state index contributed by atoms with van der Waals surface area (Å²) >= 11 is 0. The van der Waals surface area contributed by atoms with Crippen LogP contribution in [0.5, 0.6) is 0 Å². The molecular formula is C24H20FN5O4. The number of amides is 1. The van der Waals surface area contributed by atoms with E-state index in [0.29, 0.717) is 27.8 Å². The van der Waals surface area contributed by atoms with Crippen LogP contribution < -0.4 is 10.9 Å². The van der Waals surface area contributed by atoms with E-state index in [1.54, 1.807) is 18.3 Å². The van der Waals surface area contributed by atoms with Crippen LogP contribution in [0, 0.1) is 5.82 Å². The lowest BCUT2D eigenvalue weighted by Gasteiger charge is -2.11. The summed E-state index contributed by atoms with van der Waals surface area (Å²) in [6.45, 7) is -0.304. The second-order valence-corrected chi connectivity index (χ2v) is 8.03. The standard InChI is InChI=1S/C24H20FN5O4/c1-34-24(33)15-4-8-17(9-5-15)27-20(31)13-29-23(32)22-19(21(28-29)14-2-3-14)12-26-30(22)18-10-6-16(25)7-11-18/h4-12,14H,2-3,13H2,1H3,(H,27,31). The maximum atomic E-state index is 13.4. The first kappa shape index (κ1) is 21.5. The Morgan fingerprint density at radius 2 is 1.82 bits per heavy atom. The van der Waals surface area contributed by atoms with E-state index < -0.39 is 23.3 Å². The van der Waals surface area contributed by atoms with Gasteiger partial charge in [-0.15, -0.1) is 0 Å². The van der Waals surface area contributed by atoms with Crippen LogP contribution in [-0.4, -0.2) is 38.5 Å². The van der Waals surface area contributed by atoms with E-state index in [2.05, 4.69) is 20.3 Å². The highest BCUT2D eigenvalue weighted by Gasteiger charge is 2.30. The van der Waals surface area contributed by atoms with Crippen LogP contribution in [0.4, 0.5) is 10.1 Å². The normalized spacial score (nSPS) is 13.1. The number of ether oxygens (including phenoxy) is 1. The first-order valence-electron chi connectivity index (χ1n) is 10.7. The van der Waals surface area contributed by atoms with Gasteiger partial charge in [-0.05, 0) is 61.4 Å². The Morgan fingerprint density at radius 1 is 1.12 bits per heavy atom. The lowest BCUT2D eigenvalue weighted by molar-refractivity contribution is -0.117. The minimum atomic E-state index is -0.479. The van der Waals surface area contributed by atoms with E-state index in [-0.39, 0.29) is 12.5 Å². The van der Waals surface area contributed by atoms with Gasteiger partial charge in [0.05, 0.1) is 30.3 Å². The van der Waals surface area contributed by atoms with Gasteiger partial charge in [0, 0.05) is 17.0 Å². The second-order valence-electron chi connectivity index (χ2n) is 8.03. The quantitative estimate of drug-likeness (QED) is 0.442. The molecule has 0 spiro atoms. The lowest BCUT2D eigenvalue weighted by Crippen LogP contribution is -2.31. The molecular weight excluding hydrogens is 441 g/mol. The Hall–Kier alpha value is -4.34. The summed E-state index contributed by atoms with van der Waals surface area (Å²) in [5.41, 5.74) is 1.88. The summed E-state index contributed by atoms with van der Waals surface area (Å²) in [4.78, 5) is 37.6. The fourth-order valence-corrected chi connectivity index (χ4v) is 3.78. The van der Waals surface area contributed by atoms with E-state index in [0.717, 1.165) is 23.2 Å². The van der Waals surface area contributed by atoms with Gasteiger partial charge in [0.25, 0.3) is 5.56 Å². The van der Waals surface area contributed by atoms with Gasteiger partial charge in [-0.1, -0.05) is 0 Å². The van der Waals surface area contributed by atoms with E-state index in [1.165, 1.54) is 48.2 Å². The number of methoxy groups -OCH3 is 1. The minimum absolute atomic E-state index is 0.203. The highest BCUT2D eigenvalue weighted by atomic mass is 19.1. The number of nitrogens with one attached hydrogen (secondary N) is 1. The van der Waals surface area contributed by atoms with E-state index in [4.69, 9.17) is 0 Å². The topological polar surface area (TPSA) is 108 Å². The van der Waals surface area contributed by atoms with Gasteiger partial charge in [-0.3, -0.25) is 9.59 Å². The minimum Gasteiger partial charge on any atom is -0.465 e. The van der Waals surface area contributed by atoms with Crippen molar-refractivity contribution in [1.29, 1.82) is 0 Å². The Labute approximate surface area is 192 Å². The van der Waals surface area contributed by atoms with Crippen molar-refractivity contribution in [2.75, 3.05) is 12.4 Å². The molecule has 34 heavy (non-hydrogen) atoms. The molecule has 9 nitrogen and oxygen atoms in total. The van der Waals surface area contributed by atoms with E-state index in [9.17, 15) is 18.8 Å². The number of esters is 1. The fourth-order valence-electron chi connectivity index (χ4n) is 3.78. The molecule has 1 amide bonds. The van der Waals surface area contributed by atoms with Gasteiger partial charge >= 0.3 is 5.97 Å². The number of fused-ring (bicyclic) bond motifs is 1. The molecule has 0 radical (unpaired) electrons. The number of carbonyl (C=O) groups excluding carboxylic acids is 2. The average Bonchev–Trinajstić information content (AvgIpc) is 3.59. The molecule has 0 unspecified atom stereocenters. The Bertz CT molecular complexity index is 1450. The zero-order valence-electron chi connectivity index (χ0n) is 18.2. The van der Waals surface area contributed by atoms with Crippen molar-refractivity contribution in [3.8, 4) is 5.69 Å². The van der Waals surface area contributed by atoms with Crippen molar-refractivity contribution < 1.29 is 18.7 Å². The Kier molecular flexibility index (Phi) is 5.40. The highest BCUT2D eigenvalue weighted by Crippen LogP contribution is 2.41. The monoisotopic (exact) mass is 461 g/mol. The van der Waals surface area contributed by atoms with Crippen LogP contribution in [0.15, 0.2) is 59.5 Å². The molecule has 1 aliphatic carbocycles. The third-order valence-electron chi connectivity index (χ3n) is 5.63. The largest absolute Gasteiger partial charge is 0.465 e. The number of benzene rings is 2. The van der Waals surface area contributed by atoms with Crippen LogP contribution >= 0.6 is 0 Å². The molecule has 0 atom stereocenters. The van der Waals surface area contributed by atoms with Gasteiger partial charge in [0.15, 0.2) is 0 Å². The number of aromatic nitrogens is 4. The number of rotatable bonds is 6. The molecule has 1 N–H and O–H groups in total. The smallest absolute Gasteiger partial charge is 0.337 e. The molecule has 1 aliphatic rings. The van der Waals surface area contributed by atoms with Crippen LogP contribution in [0.3, 0.4) is 0 Å². The fraction of sp³-hybridized carbons (Fsp3) is 0.208. The molecule has 0 aliphatic heterocycles. The number of carbonyl (C=O) groups is 2. The first-order valence-corrected chi connectivity index (χ1v) is 10.7. The van der Waals surface area contributed by atoms with Crippen LogP contribution in [-0.2, 0) is 16.1 Å². The first-order chi connectivity index (χ1) is 16.4. The molecule has 2 heterocycles. The average molecular weight is 461 g/mol. The summed E-state index contributed by atoms with van der Waals surface area (Å²) < 4.78 is 20.6.